The molecule has 0 fully saturated rings. The minimum Gasteiger partial charge on any atom is -0.469 e. The van der Waals surface area contributed by atoms with Gasteiger partial charge in [0.25, 0.3) is 0 Å². The Bertz CT molecular complexity index is 267. The normalized spacial score (nSPS) is 14.1. The third kappa shape index (κ3) is 4.06. The molecule has 15 heavy (non-hydrogen) atoms. The van der Waals surface area contributed by atoms with Gasteiger partial charge in [-0.05, 0) is 39.4 Å². The standard InChI is InChI=1S/C12H21NO2/c1-12(2,14-4)9-10(13-3)8-11-6-5-7-15-11/h5-7,10,13H,8-9H2,1-4H3. The minimum absolute atomic E-state index is 0.0970. The largest absolute Gasteiger partial charge is 0.469 e. The first-order valence-corrected chi connectivity index (χ1v) is 5.32. The zero-order chi connectivity index (χ0) is 11.3. The summed E-state index contributed by atoms with van der Waals surface area (Å²) in [6.07, 6.45) is 3.57. The van der Waals surface area contributed by atoms with Crippen molar-refractivity contribution in [2.75, 3.05) is 14.2 Å². The zero-order valence-electron chi connectivity index (χ0n) is 10.0. The molecule has 1 heterocycles. The highest BCUT2D eigenvalue weighted by atomic mass is 16.5. The van der Waals surface area contributed by atoms with Crippen molar-refractivity contribution < 1.29 is 9.15 Å². The second-order valence-corrected chi connectivity index (χ2v) is 4.44. The van der Waals surface area contributed by atoms with Crippen LogP contribution in [0, 0.1) is 0 Å². The minimum atomic E-state index is -0.0970. The highest BCUT2D eigenvalue weighted by Crippen LogP contribution is 2.18. The molecule has 3 nitrogen and oxygen atoms in total. The highest BCUT2D eigenvalue weighted by Gasteiger charge is 2.22. The lowest BCUT2D eigenvalue weighted by Gasteiger charge is -2.28. The van der Waals surface area contributed by atoms with E-state index in [1.165, 1.54) is 0 Å². The maximum atomic E-state index is 5.42. The number of hydrogen-bond donors (Lipinski definition) is 1. The summed E-state index contributed by atoms with van der Waals surface area (Å²) in [6, 6.07) is 4.30. The molecule has 0 bridgehead atoms. The van der Waals surface area contributed by atoms with Gasteiger partial charge in [-0.25, -0.2) is 0 Å². The summed E-state index contributed by atoms with van der Waals surface area (Å²) in [4.78, 5) is 0. The summed E-state index contributed by atoms with van der Waals surface area (Å²) in [5.74, 6) is 1.02. The average Bonchev–Trinajstić information content (AvgIpc) is 2.69. The van der Waals surface area contributed by atoms with Gasteiger partial charge in [-0.1, -0.05) is 0 Å². The SMILES string of the molecule is CNC(Cc1ccco1)CC(C)(C)OC. The van der Waals surface area contributed by atoms with Crippen LogP contribution in [0.3, 0.4) is 0 Å². The Kier molecular flexibility index (Phi) is 4.36. The zero-order valence-corrected chi connectivity index (χ0v) is 10.0. The topological polar surface area (TPSA) is 34.4 Å². The molecule has 3 heteroatoms. The number of rotatable bonds is 6. The summed E-state index contributed by atoms with van der Waals surface area (Å²) < 4.78 is 10.8. The van der Waals surface area contributed by atoms with Crippen LogP contribution in [0.4, 0.5) is 0 Å². The summed E-state index contributed by atoms with van der Waals surface area (Å²) in [5.41, 5.74) is -0.0970. The van der Waals surface area contributed by atoms with Gasteiger partial charge >= 0.3 is 0 Å². The predicted octanol–water partition coefficient (Wildman–Crippen LogP) is 2.23. The quantitative estimate of drug-likeness (QED) is 0.783. The first-order valence-electron chi connectivity index (χ1n) is 5.32. The maximum absolute atomic E-state index is 5.42. The molecule has 1 aromatic heterocycles. The first-order chi connectivity index (χ1) is 7.07. The number of furan rings is 1. The Morgan fingerprint density at radius 2 is 2.27 bits per heavy atom. The van der Waals surface area contributed by atoms with Crippen LogP contribution >= 0.6 is 0 Å². The Hall–Kier alpha value is -0.800. The van der Waals surface area contributed by atoms with E-state index in [0.29, 0.717) is 6.04 Å². The van der Waals surface area contributed by atoms with Gasteiger partial charge in [0.05, 0.1) is 11.9 Å². The van der Waals surface area contributed by atoms with Gasteiger partial charge in [0.2, 0.25) is 0 Å². The second kappa shape index (κ2) is 5.33. The van der Waals surface area contributed by atoms with Crippen molar-refractivity contribution in [3.05, 3.63) is 24.2 Å². The Morgan fingerprint density at radius 3 is 2.73 bits per heavy atom. The fourth-order valence-electron chi connectivity index (χ4n) is 1.62. The lowest BCUT2D eigenvalue weighted by Crippen LogP contribution is -2.37. The number of hydrogen-bond acceptors (Lipinski definition) is 3. The molecule has 0 saturated heterocycles. The monoisotopic (exact) mass is 211 g/mol. The molecule has 0 spiro atoms. The van der Waals surface area contributed by atoms with Crippen LogP contribution in [0.1, 0.15) is 26.0 Å². The molecular weight excluding hydrogens is 190 g/mol. The van der Waals surface area contributed by atoms with Gasteiger partial charge in [0.1, 0.15) is 5.76 Å². The van der Waals surface area contributed by atoms with E-state index in [4.69, 9.17) is 9.15 Å². The fourth-order valence-corrected chi connectivity index (χ4v) is 1.62. The number of likely N-dealkylation sites (N-methyl/N-ethyl adjacent to an activating group) is 1. The summed E-state index contributed by atoms with van der Waals surface area (Å²) in [5, 5.41) is 3.29. The van der Waals surface area contributed by atoms with E-state index in [9.17, 15) is 0 Å². The van der Waals surface area contributed by atoms with E-state index in [1.807, 2.05) is 19.2 Å². The van der Waals surface area contributed by atoms with E-state index < -0.39 is 0 Å². The van der Waals surface area contributed by atoms with Crippen molar-refractivity contribution in [1.82, 2.24) is 5.32 Å². The molecule has 1 N–H and O–H groups in total. The number of ether oxygens (including phenoxy) is 1. The van der Waals surface area contributed by atoms with E-state index in [0.717, 1.165) is 18.6 Å². The molecule has 86 valence electrons. The lowest BCUT2D eigenvalue weighted by molar-refractivity contribution is 0.00738. The summed E-state index contributed by atoms with van der Waals surface area (Å²) in [6.45, 7) is 4.19. The second-order valence-electron chi connectivity index (χ2n) is 4.44. The molecule has 1 atom stereocenters. The van der Waals surface area contributed by atoms with Gasteiger partial charge in [-0.15, -0.1) is 0 Å². The van der Waals surface area contributed by atoms with Crippen molar-refractivity contribution in [3.8, 4) is 0 Å². The molecule has 1 unspecified atom stereocenters. The van der Waals surface area contributed by atoms with Crippen LogP contribution in [-0.4, -0.2) is 25.8 Å². The predicted molar refractivity (Wildman–Crippen MR) is 61.0 cm³/mol. The van der Waals surface area contributed by atoms with E-state index in [1.54, 1.807) is 13.4 Å². The highest BCUT2D eigenvalue weighted by molar-refractivity contribution is 5.01. The first kappa shape index (κ1) is 12.3. The van der Waals surface area contributed by atoms with Crippen molar-refractivity contribution >= 4 is 0 Å². The van der Waals surface area contributed by atoms with E-state index in [-0.39, 0.29) is 5.60 Å². The third-order valence-electron chi connectivity index (χ3n) is 2.73. The fraction of sp³-hybridized carbons (Fsp3) is 0.667. The average molecular weight is 211 g/mol. The summed E-state index contributed by atoms with van der Waals surface area (Å²) >= 11 is 0. The maximum Gasteiger partial charge on any atom is 0.105 e. The third-order valence-corrected chi connectivity index (χ3v) is 2.73. The van der Waals surface area contributed by atoms with E-state index >= 15 is 0 Å². The van der Waals surface area contributed by atoms with E-state index in [2.05, 4.69) is 19.2 Å². The Balaban J connectivity index is 2.50. The molecule has 1 aromatic rings. The Morgan fingerprint density at radius 1 is 1.53 bits per heavy atom. The van der Waals surface area contributed by atoms with Gasteiger partial charge < -0.3 is 14.5 Å². The van der Waals surface area contributed by atoms with Crippen molar-refractivity contribution in [2.45, 2.75) is 38.3 Å². The molecule has 0 aliphatic carbocycles. The molecule has 0 saturated carbocycles. The molecule has 0 aromatic carbocycles. The number of nitrogens with one attached hydrogen (secondary N) is 1. The summed E-state index contributed by atoms with van der Waals surface area (Å²) in [7, 11) is 3.72. The molecular formula is C12H21NO2. The van der Waals surface area contributed by atoms with Gasteiger partial charge in [0.15, 0.2) is 0 Å². The van der Waals surface area contributed by atoms with Gasteiger partial charge in [-0.2, -0.15) is 0 Å². The van der Waals surface area contributed by atoms with Crippen LogP contribution in [0.15, 0.2) is 22.8 Å². The molecule has 0 radical (unpaired) electrons. The molecule has 0 aliphatic rings. The van der Waals surface area contributed by atoms with Crippen LogP contribution in [0.25, 0.3) is 0 Å². The Labute approximate surface area is 91.8 Å². The van der Waals surface area contributed by atoms with Crippen molar-refractivity contribution in [2.24, 2.45) is 0 Å². The van der Waals surface area contributed by atoms with Crippen molar-refractivity contribution in [3.63, 3.8) is 0 Å². The molecule has 0 aliphatic heterocycles. The van der Waals surface area contributed by atoms with Crippen molar-refractivity contribution in [1.29, 1.82) is 0 Å². The van der Waals surface area contributed by atoms with Crippen LogP contribution < -0.4 is 5.32 Å². The molecule has 1 rings (SSSR count). The smallest absolute Gasteiger partial charge is 0.105 e. The van der Waals surface area contributed by atoms with Crippen LogP contribution in [0.5, 0.6) is 0 Å². The molecule has 0 amide bonds. The van der Waals surface area contributed by atoms with Gasteiger partial charge in [0, 0.05) is 19.6 Å². The van der Waals surface area contributed by atoms with Crippen LogP contribution in [-0.2, 0) is 11.2 Å². The number of methoxy groups -OCH3 is 1. The van der Waals surface area contributed by atoms with Crippen LogP contribution in [0.2, 0.25) is 0 Å². The van der Waals surface area contributed by atoms with Gasteiger partial charge in [-0.3, -0.25) is 0 Å². The lowest BCUT2D eigenvalue weighted by atomic mass is 9.96.